The van der Waals surface area contributed by atoms with Gasteiger partial charge in [0.2, 0.25) is 0 Å². The lowest BCUT2D eigenvalue weighted by Crippen LogP contribution is -2.35. The summed E-state index contributed by atoms with van der Waals surface area (Å²) in [4.78, 5) is 9.80. The van der Waals surface area contributed by atoms with Crippen molar-refractivity contribution in [2.24, 2.45) is 5.73 Å². The van der Waals surface area contributed by atoms with Crippen molar-refractivity contribution in [3.63, 3.8) is 0 Å². The lowest BCUT2D eigenvalue weighted by Gasteiger charge is -2.10. The van der Waals surface area contributed by atoms with Crippen LogP contribution in [-0.2, 0) is 0 Å². The second kappa shape index (κ2) is 4.96. The van der Waals surface area contributed by atoms with E-state index in [1.165, 1.54) is 24.3 Å². The molecule has 92 valence electrons. The zero-order chi connectivity index (χ0) is 13.1. The molecule has 7 heteroatoms. The van der Waals surface area contributed by atoms with Crippen LogP contribution in [0.2, 0.25) is 0 Å². The maximum Gasteiger partial charge on any atom is 0.407 e. The number of halogens is 3. The Balaban J connectivity index is 2.85. The lowest BCUT2D eigenvalue weighted by molar-refractivity contribution is -0.384. The van der Waals surface area contributed by atoms with Crippen LogP contribution in [0.25, 0.3) is 6.08 Å². The molecular formula is C10H9F3N2O2. The molecule has 1 rings (SSSR count). The Labute approximate surface area is 94.7 Å². The van der Waals surface area contributed by atoms with Gasteiger partial charge in [-0.15, -0.1) is 0 Å². The predicted molar refractivity (Wildman–Crippen MR) is 56.2 cm³/mol. The van der Waals surface area contributed by atoms with Gasteiger partial charge in [-0.2, -0.15) is 13.2 Å². The minimum Gasteiger partial charge on any atom is -0.317 e. The second-order valence-electron chi connectivity index (χ2n) is 3.28. The number of benzene rings is 1. The van der Waals surface area contributed by atoms with Crippen LogP contribution in [0, 0.1) is 10.1 Å². The monoisotopic (exact) mass is 246 g/mol. The molecule has 0 heterocycles. The predicted octanol–water partition coefficient (Wildman–Crippen LogP) is 2.50. The highest BCUT2D eigenvalue weighted by Gasteiger charge is 2.34. The molecule has 0 aliphatic carbocycles. The van der Waals surface area contributed by atoms with Crippen LogP contribution in [0.3, 0.4) is 0 Å². The van der Waals surface area contributed by atoms with Crippen LogP contribution in [0.1, 0.15) is 5.56 Å². The number of hydrogen-bond acceptors (Lipinski definition) is 3. The number of nitrogens with two attached hydrogens (primary N) is 1. The number of non-ortho nitro benzene ring substituents is 1. The van der Waals surface area contributed by atoms with Crippen LogP contribution in [0.5, 0.6) is 0 Å². The van der Waals surface area contributed by atoms with E-state index in [9.17, 15) is 23.3 Å². The molecular weight excluding hydrogens is 237 g/mol. The SMILES string of the molecule is N[C@@H](C=Cc1cccc([N+](=O)[O-])c1)C(F)(F)F. The van der Waals surface area contributed by atoms with Gasteiger partial charge >= 0.3 is 6.18 Å². The summed E-state index contributed by atoms with van der Waals surface area (Å²) in [5, 5.41) is 10.4. The van der Waals surface area contributed by atoms with Gasteiger partial charge in [-0.25, -0.2) is 0 Å². The van der Waals surface area contributed by atoms with Gasteiger partial charge in [-0.3, -0.25) is 10.1 Å². The third kappa shape index (κ3) is 3.87. The van der Waals surface area contributed by atoms with E-state index in [2.05, 4.69) is 0 Å². The average molecular weight is 246 g/mol. The van der Waals surface area contributed by atoms with E-state index < -0.39 is 17.1 Å². The van der Waals surface area contributed by atoms with Gasteiger partial charge in [0, 0.05) is 12.1 Å². The van der Waals surface area contributed by atoms with Crippen molar-refractivity contribution in [1.29, 1.82) is 0 Å². The summed E-state index contributed by atoms with van der Waals surface area (Å²) >= 11 is 0. The molecule has 0 saturated carbocycles. The Morgan fingerprint density at radius 3 is 2.59 bits per heavy atom. The molecule has 0 spiro atoms. The van der Waals surface area contributed by atoms with Crippen LogP contribution in [0.15, 0.2) is 30.3 Å². The van der Waals surface area contributed by atoms with Gasteiger partial charge in [0.05, 0.1) is 4.92 Å². The van der Waals surface area contributed by atoms with Gasteiger partial charge in [0.1, 0.15) is 6.04 Å². The van der Waals surface area contributed by atoms with Crippen molar-refractivity contribution in [3.05, 3.63) is 46.0 Å². The van der Waals surface area contributed by atoms with E-state index in [1.54, 1.807) is 0 Å². The fourth-order valence-electron chi connectivity index (χ4n) is 1.07. The van der Waals surface area contributed by atoms with E-state index >= 15 is 0 Å². The van der Waals surface area contributed by atoms with Crippen molar-refractivity contribution < 1.29 is 18.1 Å². The molecule has 0 aromatic heterocycles. The summed E-state index contributed by atoms with van der Waals surface area (Å²) in [7, 11) is 0. The van der Waals surface area contributed by atoms with E-state index in [1.807, 2.05) is 0 Å². The average Bonchev–Trinajstić information content (AvgIpc) is 2.25. The van der Waals surface area contributed by atoms with E-state index in [4.69, 9.17) is 5.73 Å². The standard InChI is InChI=1S/C10H9F3N2O2/c11-10(12,13)9(14)5-4-7-2-1-3-8(6-7)15(16)17/h1-6,9H,14H2/t9-/m0/s1. The Kier molecular flexibility index (Phi) is 3.84. The second-order valence-corrected chi connectivity index (χ2v) is 3.28. The maximum absolute atomic E-state index is 12.1. The molecule has 0 radical (unpaired) electrons. The normalized spacial score (nSPS) is 13.9. The molecule has 1 aromatic rings. The lowest BCUT2D eigenvalue weighted by atomic mass is 10.1. The first-order valence-electron chi connectivity index (χ1n) is 4.55. The number of nitro groups is 1. The molecule has 0 aliphatic heterocycles. The molecule has 0 saturated heterocycles. The van der Waals surface area contributed by atoms with Crippen LogP contribution in [0.4, 0.5) is 18.9 Å². The van der Waals surface area contributed by atoms with Crippen LogP contribution >= 0.6 is 0 Å². The van der Waals surface area contributed by atoms with Gasteiger partial charge in [0.25, 0.3) is 5.69 Å². The van der Waals surface area contributed by atoms with Crippen LogP contribution in [-0.4, -0.2) is 17.1 Å². The molecule has 1 atom stereocenters. The summed E-state index contributed by atoms with van der Waals surface area (Å²) in [6, 6.07) is 3.17. The van der Waals surface area contributed by atoms with Crippen molar-refractivity contribution in [1.82, 2.24) is 0 Å². The zero-order valence-corrected chi connectivity index (χ0v) is 8.52. The van der Waals surface area contributed by atoms with Gasteiger partial charge in [0.15, 0.2) is 0 Å². The molecule has 0 fully saturated rings. The summed E-state index contributed by atoms with van der Waals surface area (Å²) < 4.78 is 36.2. The van der Waals surface area contributed by atoms with Gasteiger partial charge in [-0.1, -0.05) is 24.3 Å². The quantitative estimate of drug-likeness (QED) is 0.658. The fraction of sp³-hybridized carbons (Fsp3) is 0.200. The van der Waals surface area contributed by atoms with Crippen molar-refractivity contribution in [2.45, 2.75) is 12.2 Å². The topological polar surface area (TPSA) is 69.2 Å². The third-order valence-electron chi connectivity index (χ3n) is 1.96. The highest BCUT2D eigenvalue weighted by molar-refractivity contribution is 5.54. The van der Waals surface area contributed by atoms with Gasteiger partial charge in [-0.05, 0) is 5.56 Å². The van der Waals surface area contributed by atoms with Crippen LogP contribution < -0.4 is 5.73 Å². The number of nitrogens with zero attached hydrogens (tertiary/aromatic N) is 1. The minimum atomic E-state index is -4.52. The summed E-state index contributed by atoms with van der Waals surface area (Å²) in [6.45, 7) is 0. The van der Waals surface area contributed by atoms with Crippen molar-refractivity contribution in [3.8, 4) is 0 Å². The molecule has 0 unspecified atom stereocenters. The van der Waals surface area contributed by atoms with E-state index in [0.29, 0.717) is 5.56 Å². The first-order valence-corrected chi connectivity index (χ1v) is 4.55. The number of nitro benzene ring substituents is 1. The highest BCUT2D eigenvalue weighted by atomic mass is 19.4. The summed E-state index contributed by atoms with van der Waals surface area (Å²) in [5.74, 6) is 0. The molecule has 1 aromatic carbocycles. The first-order chi connectivity index (χ1) is 7.80. The number of alkyl halides is 3. The first kappa shape index (κ1) is 13.2. The maximum atomic E-state index is 12.1. The van der Waals surface area contributed by atoms with Gasteiger partial charge < -0.3 is 5.73 Å². The number of hydrogen-bond donors (Lipinski definition) is 1. The van der Waals surface area contributed by atoms with E-state index in [0.717, 1.165) is 12.2 Å². The molecule has 0 amide bonds. The number of rotatable bonds is 3. The smallest absolute Gasteiger partial charge is 0.317 e. The molecule has 4 nitrogen and oxygen atoms in total. The Morgan fingerprint density at radius 2 is 2.06 bits per heavy atom. The largest absolute Gasteiger partial charge is 0.407 e. The fourth-order valence-corrected chi connectivity index (χ4v) is 1.07. The highest BCUT2D eigenvalue weighted by Crippen LogP contribution is 2.20. The molecule has 2 N–H and O–H groups in total. The molecule has 17 heavy (non-hydrogen) atoms. The molecule has 0 bridgehead atoms. The third-order valence-corrected chi connectivity index (χ3v) is 1.96. The Morgan fingerprint density at radius 1 is 1.41 bits per heavy atom. The Hall–Kier alpha value is -1.89. The summed E-state index contributed by atoms with van der Waals surface area (Å²) in [6.07, 6.45) is -2.67. The zero-order valence-electron chi connectivity index (χ0n) is 8.52. The summed E-state index contributed by atoms with van der Waals surface area (Å²) in [5.41, 5.74) is 4.95. The van der Waals surface area contributed by atoms with Crippen molar-refractivity contribution in [2.75, 3.05) is 0 Å². The van der Waals surface area contributed by atoms with Crippen molar-refractivity contribution >= 4 is 11.8 Å². The Bertz CT molecular complexity index is 443. The molecule has 0 aliphatic rings. The minimum absolute atomic E-state index is 0.187. The van der Waals surface area contributed by atoms with E-state index in [-0.39, 0.29) is 5.69 Å².